The normalized spacial score (nSPS) is 13.4. The first-order valence-electron chi connectivity index (χ1n) is 10.5. The summed E-state index contributed by atoms with van der Waals surface area (Å²) in [4.78, 5) is 27.5. The van der Waals surface area contributed by atoms with Crippen LogP contribution in [0.15, 0.2) is 57.9 Å². The number of hydrogen-bond donors (Lipinski definition) is 1. The van der Waals surface area contributed by atoms with Crippen molar-refractivity contribution < 1.29 is 18.0 Å². The Labute approximate surface area is 209 Å². The van der Waals surface area contributed by atoms with Crippen molar-refractivity contribution in [3.63, 3.8) is 0 Å². The van der Waals surface area contributed by atoms with Crippen molar-refractivity contribution >= 4 is 49.4 Å². The summed E-state index contributed by atoms with van der Waals surface area (Å²) in [6.07, 6.45) is 0.751. The number of likely N-dealkylation sites (N-methyl/N-ethyl adjacent to an activating group) is 1. The topological polar surface area (TPSA) is 86.8 Å². The van der Waals surface area contributed by atoms with Gasteiger partial charge < -0.3 is 10.2 Å². The van der Waals surface area contributed by atoms with Gasteiger partial charge in [-0.05, 0) is 62.2 Å². The number of amides is 2. The average Bonchev–Trinajstić information content (AvgIpc) is 2.78. The van der Waals surface area contributed by atoms with Crippen molar-refractivity contribution in [3.8, 4) is 0 Å². The number of sulfonamides is 1. The molecule has 10 heteroatoms. The Morgan fingerprint density at radius 2 is 1.64 bits per heavy atom. The molecular formula is C23H29BrClN3O4S. The Morgan fingerprint density at radius 1 is 1.06 bits per heavy atom. The van der Waals surface area contributed by atoms with E-state index in [-0.39, 0.29) is 23.4 Å². The highest BCUT2D eigenvalue weighted by molar-refractivity contribution is 9.10. The van der Waals surface area contributed by atoms with Gasteiger partial charge in [-0.25, -0.2) is 8.42 Å². The maximum absolute atomic E-state index is 13.3. The smallest absolute Gasteiger partial charge is 0.243 e. The minimum atomic E-state index is -3.91. The summed E-state index contributed by atoms with van der Waals surface area (Å²) in [5.41, 5.74) is 0.818. The molecule has 0 aliphatic rings. The Balaban J connectivity index is 2.26. The van der Waals surface area contributed by atoms with Gasteiger partial charge in [0.25, 0.3) is 0 Å². The van der Waals surface area contributed by atoms with Crippen molar-refractivity contribution in [2.75, 3.05) is 13.6 Å². The highest BCUT2D eigenvalue weighted by atomic mass is 79.9. The molecule has 0 aliphatic heterocycles. The number of halogens is 2. The molecule has 180 valence electrons. The second-order valence-corrected chi connectivity index (χ2v) is 11.3. The zero-order valence-electron chi connectivity index (χ0n) is 19.1. The summed E-state index contributed by atoms with van der Waals surface area (Å²) in [7, 11) is -2.57. The predicted octanol–water partition coefficient (Wildman–Crippen LogP) is 4.06. The van der Waals surface area contributed by atoms with Crippen LogP contribution in [0.25, 0.3) is 0 Å². The second kappa shape index (κ2) is 12.0. The van der Waals surface area contributed by atoms with E-state index in [9.17, 15) is 18.0 Å². The third kappa shape index (κ3) is 7.53. The largest absolute Gasteiger partial charge is 0.352 e. The number of hydrogen-bond acceptors (Lipinski definition) is 4. The monoisotopic (exact) mass is 557 g/mol. The summed E-state index contributed by atoms with van der Waals surface area (Å²) < 4.78 is 27.7. The van der Waals surface area contributed by atoms with Crippen LogP contribution in [0, 0.1) is 0 Å². The zero-order valence-corrected chi connectivity index (χ0v) is 22.2. The average molecular weight is 559 g/mol. The molecule has 2 unspecified atom stereocenters. The van der Waals surface area contributed by atoms with Crippen molar-refractivity contribution in [3.05, 3.63) is 63.6 Å². The molecule has 2 aromatic rings. The molecule has 0 aromatic heterocycles. The van der Waals surface area contributed by atoms with E-state index in [1.807, 2.05) is 38.1 Å². The van der Waals surface area contributed by atoms with Crippen LogP contribution in [0.2, 0.25) is 5.02 Å². The van der Waals surface area contributed by atoms with E-state index < -0.39 is 28.5 Å². The van der Waals surface area contributed by atoms with Crippen LogP contribution >= 0.6 is 27.5 Å². The van der Waals surface area contributed by atoms with Gasteiger partial charge in [0.2, 0.25) is 21.8 Å². The Morgan fingerprint density at radius 3 is 2.18 bits per heavy atom. The molecule has 2 atom stereocenters. The summed E-state index contributed by atoms with van der Waals surface area (Å²) in [5, 5.41) is 3.30. The van der Waals surface area contributed by atoms with Crippen molar-refractivity contribution in [2.24, 2.45) is 0 Å². The molecular weight excluding hydrogens is 530 g/mol. The Kier molecular flexibility index (Phi) is 9.90. The number of nitrogens with zero attached hydrogens (tertiary/aromatic N) is 2. The Hall–Kier alpha value is -1.94. The fraction of sp³-hybridized carbons (Fsp3) is 0.391. The summed E-state index contributed by atoms with van der Waals surface area (Å²) in [6, 6.07) is 12.3. The molecule has 0 fully saturated rings. The van der Waals surface area contributed by atoms with Gasteiger partial charge in [0.1, 0.15) is 6.04 Å². The quantitative estimate of drug-likeness (QED) is 0.477. The van der Waals surface area contributed by atoms with Gasteiger partial charge in [-0.1, -0.05) is 46.6 Å². The number of carbonyl (C=O) groups excluding carboxylic acids is 2. The van der Waals surface area contributed by atoms with E-state index in [4.69, 9.17) is 11.6 Å². The van der Waals surface area contributed by atoms with Gasteiger partial charge in [-0.15, -0.1) is 0 Å². The lowest BCUT2D eigenvalue weighted by Gasteiger charge is -2.31. The molecule has 0 saturated heterocycles. The molecule has 0 saturated carbocycles. The van der Waals surface area contributed by atoms with Crippen LogP contribution in [-0.2, 0) is 26.2 Å². The van der Waals surface area contributed by atoms with Gasteiger partial charge in [0.05, 0.1) is 11.4 Å². The van der Waals surface area contributed by atoms with Crippen LogP contribution < -0.4 is 5.32 Å². The third-order valence-corrected chi connectivity index (χ3v) is 7.91. The highest BCUT2D eigenvalue weighted by Crippen LogP contribution is 2.19. The first-order chi connectivity index (χ1) is 15.4. The van der Waals surface area contributed by atoms with Crippen molar-refractivity contribution in [1.82, 2.24) is 14.5 Å². The highest BCUT2D eigenvalue weighted by Gasteiger charge is 2.30. The Bertz CT molecular complexity index is 1060. The second-order valence-electron chi connectivity index (χ2n) is 7.86. The molecule has 0 aliphatic carbocycles. The fourth-order valence-electron chi connectivity index (χ4n) is 2.99. The standard InChI is InChI=1S/C23H29BrClN3O4S/c1-5-16(2)26-23(30)17(3)28(14-18-6-8-19(24)9-7-18)22(29)15-27(4)33(31,32)21-12-10-20(25)11-13-21/h6-13,16-17H,5,14-15H2,1-4H3,(H,26,30). The molecule has 0 spiro atoms. The SMILES string of the molecule is CCC(C)NC(=O)C(C)N(Cc1ccc(Br)cc1)C(=O)CN(C)S(=O)(=O)c1ccc(Cl)cc1. The lowest BCUT2D eigenvalue weighted by Crippen LogP contribution is -2.51. The maximum Gasteiger partial charge on any atom is 0.243 e. The lowest BCUT2D eigenvalue weighted by atomic mass is 10.1. The number of carbonyl (C=O) groups is 2. The first-order valence-corrected chi connectivity index (χ1v) is 13.1. The van der Waals surface area contributed by atoms with E-state index in [2.05, 4.69) is 21.2 Å². The van der Waals surface area contributed by atoms with Crippen LogP contribution in [-0.4, -0.2) is 55.1 Å². The summed E-state index contributed by atoms with van der Waals surface area (Å²) in [6.45, 7) is 5.23. The van der Waals surface area contributed by atoms with E-state index >= 15 is 0 Å². The molecule has 2 amide bonds. The number of nitrogens with one attached hydrogen (secondary N) is 1. The molecule has 7 nitrogen and oxygen atoms in total. The molecule has 0 radical (unpaired) electrons. The van der Waals surface area contributed by atoms with Crippen molar-refractivity contribution in [2.45, 2.75) is 50.7 Å². The minimum Gasteiger partial charge on any atom is -0.352 e. The lowest BCUT2D eigenvalue weighted by molar-refractivity contribution is -0.140. The fourth-order valence-corrected chi connectivity index (χ4v) is 4.50. The van der Waals surface area contributed by atoms with Crippen LogP contribution in [0.5, 0.6) is 0 Å². The maximum atomic E-state index is 13.3. The third-order valence-electron chi connectivity index (χ3n) is 5.31. The molecule has 0 heterocycles. The molecule has 0 bridgehead atoms. The van der Waals surface area contributed by atoms with E-state index in [1.165, 1.54) is 36.2 Å². The van der Waals surface area contributed by atoms with Gasteiger partial charge in [0, 0.05) is 29.1 Å². The van der Waals surface area contributed by atoms with Crippen LogP contribution in [0.1, 0.15) is 32.8 Å². The zero-order chi connectivity index (χ0) is 24.8. The molecule has 2 aromatic carbocycles. The van der Waals surface area contributed by atoms with Gasteiger partial charge in [0.15, 0.2) is 0 Å². The molecule has 1 N–H and O–H groups in total. The van der Waals surface area contributed by atoms with Gasteiger partial charge in [-0.3, -0.25) is 9.59 Å². The predicted molar refractivity (Wildman–Crippen MR) is 133 cm³/mol. The van der Waals surface area contributed by atoms with Crippen LogP contribution in [0.4, 0.5) is 0 Å². The number of rotatable bonds is 10. The van der Waals surface area contributed by atoms with E-state index in [0.29, 0.717) is 5.02 Å². The first kappa shape index (κ1) is 27.3. The molecule has 33 heavy (non-hydrogen) atoms. The van der Waals surface area contributed by atoms with Gasteiger partial charge >= 0.3 is 0 Å². The summed E-state index contributed by atoms with van der Waals surface area (Å²) in [5.74, 6) is -0.775. The summed E-state index contributed by atoms with van der Waals surface area (Å²) >= 11 is 9.24. The molecule has 2 rings (SSSR count). The number of benzene rings is 2. The van der Waals surface area contributed by atoms with Gasteiger partial charge in [-0.2, -0.15) is 4.31 Å². The van der Waals surface area contributed by atoms with E-state index in [1.54, 1.807) is 6.92 Å². The van der Waals surface area contributed by atoms with Crippen molar-refractivity contribution in [1.29, 1.82) is 0 Å². The van der Waals surface area contributed by atoms with E-state index in [0.717, 1.165) is 20.8 Å². The minimum absolute atomic E-state index is 0.0317. The van der Waals surface area contributed by atoms with Crippen LogP contribution in [0.3, 0.4) is 0 Å².